The van der Waals surface area contributed by atoms with Gasteiger partial charge in [-0.25, -0.2) is 13.2 Å². The van der Waals surface area contributed by atoms with Gasteiger partial charge in [-0.1, -0.05) is 23.2 Å². The van der Waals surface area contributed by atoms with E-state index >= 15 is 0 Å². The molecular weight excluding hydrogens is 463 g/mol. The van der Waals surface area contributed by atoms with Crippen molar-refractivity contribution >= 4 is 50.6 Å². The summed E-state index contributed by atoms with van der Waals surface area (Å²) in [5, 5.41) is 5.84. The minimum Gasteiger partial charge on any atom is -0.497 e. The first kappa shape index (κ1) is 23.5. The van der Waals surface area contributed by atoms with E-state index < -0.39 is 16.1 Å². The SMILES string of the molecule is COc1ccc(N2CCN(S(=O)(=O)CCNC(=O)Nc3ccc(Cl)c(Cl)c3)CC2)cc1. The summed E-state index contributed by atoms with van der Waals surface area (Å²) in [5.74, 6) is 0.602. The van der Waals surface area contributed by atoms with Crippen LogP contribution < -0.4 is 20.3 Å². The van der Waals surface area contributed by atoms with Gasteiger partial charge in [-0.15, -0.1) is 0 Å². The van der Waals surface area contributed by atoms with E-state index in [1.165, 1.54) is 10.4 Å². The molecule has 31 heavy (non-hydrogen) atoms. The highest BCUT2D eigenvalue weighted by Crippen LogP contribution is 2.25. The van der Waals surface area contributed by atoms with Gasteiger partial charge in [-0.05, 0) is 42.5 Å². The number of benzene rings is 2. The number of nitrogens with one attached hydrogen (secondary N) is 2. The average molecular weight is 487 g/mol. The Hall–Kier alpha value is -2.20. The van der Waals surface area contributed by atoms with Crippen LogP contribution in [0.3, 0.4) is 0 Å². The van der Waals surface area contributed by atoms with Crippen molar-refractivity contribution < 1.29 is 17.9 Å². The van der Waals surface area contributed by atoms with Crippen LogP contribution in [0.5, 0.6) is 5.75 Å². The number of carbonyl (C=O) groups excluding carboxylic acids is 1. The highest BCUT2D eigenvalue weighted by Gasteiger charge is 2.26. The molecule has 168 valence electrons. The highest BCUT2D eigenvalue weighted by molar-refractivity contribution is 7.89. The first-order chi connectivity index (χ1) is 14.8. The molecule has 8 nitrogen and oxygen atoms in total. The Balaban J connectivity index is 1.44. The van der Waals surface area contributed by atoms with Crippen LogP contribution in [-0.4, -0.2) is 64.3 Å². The van der Waals surface area contributed by atoms with E-state index in [0.29, 0.717) is 41.9 Å². The van der Waals surface area contributed by atoms with Crippen molar-refractivity contribution in [3.8, 4) is 5.75 Å². The molecule has 2 N–H and O–H groups in total. The number of nitrogens with zero attached hydrogens (tertiary/aromatic N) is 2. The highest BCUT2D eigenvalue weighted by atomic mass is 35.5. The summed E-state index contributed by atoms with van der Waals surface area (Å²) in [7, 11) is -1.86. The first-order valence-electron chi connectivity index (χ1n) is 9.65. The molecule has 2 amide bonds. The van der Waals surface area contributed by atoms with Gasteiger partial charge < -0.3 is 20.3 Å². The number of urea groups is 1. The minimum atomic E-state index is -3.47. The number of ether oxygens (including phenoxy) is 1. The summed E-state index contributed by atoms with van der Waals surface area (Å²) in [6.45, 7) is 1.97. The molecule has 3 rings (SSSR count). The number of piperazine rings is 1. The lowest BCUT2D eigenvalue weighted by Crippen LogP contribution is -2.50. The lowest BCUT2D eigenvalue weighted by Gasteiger charge is -2.35. The zero-order chi connectivity index (χ0) is 22.4. The van der Waals surface area contributed by atoms with Crippen molar-refractivity contribution in [1.29, 1.82) is 0 Å². The molecule has 0 aromatic heterocycles. The Kier molecular flexibility index (Phi) is 7.88. The number of anilines is 2. The van der Waals surface area contributed by atoms with Gasteiger partial charge in [-0.3, -0.25) is 0 Å². The lowest BCUT2D eigenvalue weighted by atomic mass is 10.2. The number of hydrogen-bond acceptors (Lipinski definition) is 5. The van der Waals surface area contributed by atoms with Gasteiger partial charge in [0.25, 0.3) is 0 Å². The summed E-state index contributed by atoms with van der Waals surface area (Å²) >= 11 is 11.8. The zero-order valence-corrected chi connectivity index (χ0v) is 19.3. The second kappa shape index (κ2) is 10.4. The number of hydrogen-bond donors (Lipinski definition) is 2. The van der Waals surface area contributed by atoms with Crippen molar-refractivity contribution in [3.63, 3.8) is 0 Å². The smallest absolute Gasteiger partial charge is 0.319 e. The fourth-order valence-corrected chi connectivity index (χ4v) is 4.83. The molecule has 0 spiro atoms. The Morgan fingerprint density at radius 2 is 1.71 bits per heavy atom. The molecule has 0 aliphatic carbocycles. The number of carbonyl (C=O) groups is 1. The third kappa shape index (κ3) is 6.39. The minimum absolute atomic E-state index is 0.00577. The van der Waals surface area contributed by atoms with E-state index in [9.17, 15) is 13.2 Å². The summed E-state index contributed by atoms with van der Waals surface area (Å²) < 4.78 is 31.9. The van der Waals surface area contributed by atoms with E-state index in [2.05, 4.69) is 15.5 Å². The van der Waals surface area contributed by atoms with Gasteiger partial charge in [-0.2, -0.15) is 4.31 Å². The second-order valence-corrected chi connectivity index (χ2v) is 9.81. The van der Waals surface area contributed by atoms with E-state index in [1.54, 1.807) is 19.2 Å². The Morgan fingerprint density at radius 1 is 1.03 bits per heavy atom. The van der Waals surface area contributed by atoms with Gasteiger partial charge in [0.15, 0.2) is 0 Å². The molecule has 0 atom stereocenters. The predicted molar refractivity (Wildman–Crippen MR) is 124 cm³/mol. The molecular formula is C20H24Cl2N4O4S. The maximum Gasteiger partial charge on any atom is 0.319 e. The normalized spacial score (nSPS) is 14.9. The van der Waals surface area contributed by atoms with Crippen LogP contribution in [0.2, 0.25) is 10.0 Å². The molecule has 0 saturated carbocycles. The fraction of sp³-hybridized carbons (Fsp3) is 0.350. The first-order valence-corrected chi connectivity index (χ1v) is 12.0. The number of methoxy groups -OCH3 is 1. The maximum atomic E-state index is 12.6. The van der Waals surface area contributed by atoms with Gasteiger partial charge >= 0.3 is 6.03 Å². The Labute approximate surface area is 192 Å². The topological polar surface area (TPSA) is 91.0 Å². The molecule has 2 aromatic rings. The number of amides is 2. The van der Waals surface area contributed by atoms with Crippen LogP contribution in [0.15, 0.2) is 42.5 Å². The quantitative estimate of drug-likeness (QED) is 0.626. The van der Waals surface area contributed by atoms with E-state index in [0.717, 1.165) is 11.4 Å². The molecule has 1 aliphatic rings. The number of sulfonamides is 1. The van der Waals surface area contributed by atoms with E-state index in [-0.39, 0.29) is 12.3 Å². The number of rotatable bonds is 7. The molecule has 0 radical (unpaired) electrons. The second-order valence-electron chi connectivity index (χ2n) is 6.91. The third-order valence-corrected chi connectivity index (χ3v) is 7.50. The Bertz CT molecular complexity index is 1010. The molecule has 2 aromatic carbocycles. The molecule has 1 saturated heterocycles. The molecule has 1 fully saturated rings. The molecule has 0 bridgehead atoms. The third-order valence-electron chi connectivity index (χ3n) is 4.89. The van der Waals surface area contributed by atoms with Crippen molar-refractivity contribution in [1.82, 2.24) is 9.62 Å². The standard InChI is InChI=1S/C20H24Cl2N4O4S/c1-30-17-5-3-16(4-6-17)25-9-11-26(12-10-25)31(28,29)13-8-23-20(27)24-15-2-7-18(21)19(22)14-15/h2-7,14H,8-13H2,1H3,(H2,23,24,27). The predicted octanol–water partition coefficient (Wildman–Crippen LogP) is 3.28. The maximum absolute atomic E-state index is 12.6. The average Bonchev–Trinajstić information content (AvgIpc) is 2.76. The van der Waals surface area contributed by atoms with Crippen LogP contribution in [0, 0.1) is 0 Å². The van der Waals surface area contributed by atoms with Crippen LogP contribution in [-0.2, 0) is 10.0 Å². The monoisotopic (exact) mass is 486 g/mol. The Morgan fingerprint density at radius 3 is 2.32 bits per heavy atom. The summed E-state index contributed by atoms with van der Waals surface area (Å²) in [6.07, 6.45) is 0. The largest absolute Gasteiger partial charge is 0.497 e. The van der Waals surface area contributed by atoms with Crippen molar-refractivity contribution in [3.05, 3.63) is 52.5 Å². The van der Waals surface area contributed by atoms with Gasteiger partial charge in [0.2, 0.25) is 10.0 Å². The van der Waals surface area contributed by atoms with E-state index in [4.69, 9.17) is 27.9 Å². The zero-order valence-electron chi connectivity index (χ0n) is 17.0. The van der Waals surface area contributed by atoms with Gasteiger partial charge in [0.05, 0.1) is 22.9 Å². The van der Waals surface area contributed by atoms with Crippen LogP contribution >= 0.6 is 23.2 Å². The van der Waals surface area contributed by atoms with Gasteiger partial charge in [0.1, 0.15) is 5.75 Å². The summed E-state index contributed by atoms with van der Waals surface area (Å²) in [4.78, 5) is 14.1. The molecule has 1 heterocycles. The van der Waals surface area contributed by atoms with Crippen molar-refractivity contribution in [2.45, 2.75) is 0 Å². The van der Waals surface area contributed by atoms with Crippen LogP contribution in [0.1, 0.15) is 0 Å². The van der Waals surface area contributed by atoms with E-state index in [1.807, 2.05) is 24.3 Å². The lowest BCUT2D eigenvalue weighted by molar-refractivity contribution is 0.252. The summed E-state index contributed by atoms with van der Waals surface area (Å²) in [6, 6.07) is 11.8. The summed E-state index contributed by atoms with van der Waals surface area (Å²) in [5.41, 5.74) is 1.49. The van der Waals surface area contributed by atoms with Crippen molar-refractivity contribution in [2.75, 3.05) is 55.8 Å². The van der Waals surface area contributed by atoms with Crippen LogP contribution in [0.25, 0.3) is 0 Å². The molecule has 11 heteroatoms. The van der Waals surface area contributed by atoms with Crippen LogP contribution in [0.4, 0.5) is 16.2 Å². The molecule has 0 unspecified atom stereocenters. The fourth-order valence-electron chi connectivity index (χ4n) is 3.19. The van der Waals surface area contributed by atoms with Crippen molar-refractivity contribution in [2.24, 2.45) is 0 Å². The molecule has 1 aliphatic heterocycles. The van der Waals surface area contributed by atoms with Gasteiger partial charge in [0, 0.05) is 44.1 Å². The number of halogens is 2.